The molecular formula is C13H15NO2. The standard InChI is InChI=1S/C13H15NO2/c1-8-3-2-4-9(5-8)14-6-10-11(7-14)12(10)13(15)16/h2-5,10-12H,6-7H2,1H3,(H,15,16). The Bertz CT molecular complexity index is 431. The molecule has 16 heavy (non-hydrogen) atoms. The van der Waals surface area contributed by atoms with E-state index in [4.69, 9.17) is 5.11 Å². The minimum atomic E-state index is -0.612. The van der Waals surface area contributed by atoms with E-state index in [-0.39, 0.29) is 5.92 Å². The van der Waals surface area contributed by atoms with Gasteiger partial charge in [0.05, 0.1) is 5.92 Å². The number of hydrogen-bond acceptors (Lipinski definition) is 2. The average molecular weight is 217 g/mol. The second kappa shape index (κ2) is 3.24. The van der Waals surface area contributed by atoms with Crippen LogP contribution in [0.4, 0.5) is 5.69 Å². The lowest BCUT2D eigenvalue weighted by molar-refractivity contribution is -0.139. The number of carbonyl (C=O) groups is 1. The number of carboxylic acid groups (broad SMARTS) is 1. The minimum Gasteiger partial charge on any atom is -0.481 e. The van der Waals surface area contributed by atoms with Crippen molar-refractivity contribution >= 4 is 11.7 Å². The molecule has 2 aliphatic rings. The van der Waals surface area contributed by atoms with Gasteiger partial charge < -0.3 is 10.0 Å². The third kappa shape index (κ3) is 1.39. The number of aryl methyl sites for hydroxylation is 1. The summed E-state index contributed by atoms with van der Waals surface area (Å²) in [5.41, 5.74) is 2.49. The predicted molar refractivity (Wildman–Crippen MR) is 61.5 cm³/mol. The van der Waals surface area contributed by atoms with E-state index in [0.29, 0.717) is 11.8 Å². The van der Waals surface area contributed by atoms with Crippen molar-refractivity contribution in [2.45, 2.75) is 6.92 Å². The first-order valence-corrected chi connectivity index (χ1v) is 5.71. The van der Waals surface area contributed by atoms with Crippen LogP contribution in [0, 0.1) is 24.7 Å². The van der Waals surface area contributed by atoms with Gasteiger partial charge in [-0.3, -0.25) is 4.79 Å². The number of piperidine rings is 1. The maximum Gasteiger partial charge on any atom is 0.307 e. The van der Waals surface area contributed by atoms with Crippen LogP contribution in [0.15, 0.2) is 24.3 Å². The van der Waals surface area contributed by atoms with Gasteiger partial charge >= 0.3 is 5.97 Å². The molecule has 1 saturated carbocycles. The topological polar surface area (TPSA) is 40.5 Å². The molecule has 1 N–H and O–H groups in total. The van der Waals surface area contributed by atoms with E-state index in [0.717, 1.165) is 13.1 Å². The largest absolute Gasteiger partial charge is 0.481 e. The van der Waals surface area contributed by atoms with Crippen LogP contribution in [-0.4, -0.2) is 24.2 Å². The predicted octanol–water partition coefficient (Wildman–Crippen LogP) is 1.76. The van der Waals surface area contributed by atoms with Crippen LogP contribution in [0.25, 0.3) is 0 Å². The molecule has 1 aliphatic carbocycles. The van der Waals surface area contributed by atoms with Crippen LogP contribution in [0.1, 0.15) is 5.56 Å². The number of anilines is 1. The van der Waals surface area contributed by atoms with Crippen molar-refractivity contribution < 1.29 is 9.90 Å². The van der Waals surface area contributed by atoms with E-state index in [9.17, 15) is 4.79 Å². The molecule has 2 atom stereocenters. The third-order valence-corrected chi connectivity index (χ3v) is 3.85. The molecule has 0 spiro atoms. The van der Waals surface area contributed by atoms with Gasteiger partial charge in [-0.05, 0) is 36.5 Å². The zero-order valence-electron chi connectivity index (χ0n) is 9.26. The molecular weight excluding hydrogens is 202 g/mol. The number of carboxylic acids is 1. The van der Waals surface area contributed by atoms with Crippen molar-refractivity contribution in [1.82, 2.24) is 0 Å². The quantitative estimate of drug-likeness (QED) is 0.820. The Morgan fingerprint density at radius 1 is 1.38 bits per heavy atom. The van der Waals surface area contributed by atoms with E-state index in [1.165, 1.54) is 11.3 Å². The highest BCUT2D eigenvalue weighted by Gasteiger charge is 2.59. The number of benzene rings is 1. The van der Waals surface area contributed by atoms with Gasteiger partial charge in [0.1, 0.15) is 0 Å². The van der Waals surface area contributed by atoms with E-state index in [1.807, 2.05) is 0 Å². The molecule has 0 aromatic heterocycles. The van der Waals surface area contributed by atoms with Crippen molar-refractivity contribution in [3.63, 3.8) is 0 Å². The van der Waals surface area contributed by atoms with Crippen LogP contribution in [0.3, 0.4) is 0 Å². The zero-order valence-corrected chi connectivity index (χ0v) is 9.26. The van der Waals surface area contributed by atoms with E-state index < -0.39 is 5.97 Å². The highest BCUT2D eigenvalue weighted by atomic mass is 16.4. The number of nitrogens with zero attached hydrogens (tertiary/aromatic N) is 1. The highest BCUT2D eigenvalue weighted by molar-refractivity contribution is 5.75. The average Bonchev–Trinajstić information content (AvgIpc) is 2.75. The smallest absolute Gasteiger partial charge is 0.307 e. The fourth-order valence-electron chi connectivity index (χ4n) is 2.93. The Hall–Kier alpha value is -1.51. The van der Waals surface area contributed by atoms with Crippen molar-refractivity contribution in [3.8, 4) is 0 Å². The molecule has 3 nitrogen and oxygen atoms in total. The van der Waals surface area contributed by atoms with Gasteiger partial charge in [0.25, 0.3) is 0 Å². The number of aliphatic carboxylic acids is 1. The van der Waals surface area contributed by atoms with E-state index >= 15 is 0 Å². The molecule has 1 aromatic carbocycles. The van der Waals surface area contributed by atoms with Gasteiger partial charge in [-0.25, -0.2) is 0 Å². The van der Waals surface area contributed by atoms with Gasteiger partial charge in [-0.2, -0.15) is 0 Å². The van der Waals surface area contributed by atoms with Gasteiger partial charge in [0, 0.05) is 18.8 Å². The summed E-state index contributed by atoms with van der Waals surface area (Å²) in [7, 11) is 0. The summed E-state index contributed by atoms with van der Waals surface area (Å²) in [6.07, 6.45) is 0. The van der Waals surface area contributed by atoms with E-state index in [2.05, 4.69) is 36.1 Å². The van der Waals surface area contributed by atoms with Crippen LogP contribution < -0.4 is 4.90 Å². The van der Waals surface area contributed by atoms with Gasteiger partial charge in [0.2, 0.25) is 0 Å². The van der Waals surface area contributed by atoms with Crippen molar-refractivity contribution in [3.05, 3.63) is 29.8 Å². The first-order chi connectivity index (χ1) is 7.66. The van der Waals surface area contributed by atoms with Crippen molar-refractivity contribution in [2.24, 2.45) is 17.8 Å². The van der Waals surface area contributed by atoms with E-state index in [1.54, 1.807) is 0 Å². The molecule has 1 heterocycles. The maximum atomic E-state index is 10.9. The summed E-state index contributed by atoms with van der Waals surface area (Å²) in [6.45, 7) is 3.90. The molecule has 1 saturated heterocycles. The molecule has 84 valence electrons. The first kappa shape index (κ1) is 9.70. The maximum absolute atomic E-state index is 10.9. The summed E-state index contributed by atoms with van der Waals surface area (Å²) < 4.78 is 0. The fourth-order valence-corrected chi connectivity index (χ4v) is 2.93. The van der Waals surface area contributed by atoms with Crippen LogP contribution in [0.2, 0.25) is 0 Å². The Morgan fingerprint density at radius 3 is 2.62 bits per heavy atom. The zero-order chi connectivity index (χ0) is 11.3. The molecule has 2 fully saturated rings. The number of hydrogen-bond donors (Lipinski definition) is 1. The Kier molecular flexibility index (Phi) is 1.96. The Balaban J connectivity index is 1.72. The third-order valence-electron chi connectivity index (χ3n) is 3.85. The molecule has 1 aromatic rings. The van der Waals surface area contributed by atoms with Crippen LogP contribution >= 0.6 is 0 Å². The molecule has 3 rings (SSSR count). The first-order valence-electron chi connectivity index (χ1n) is 5.71. The normalized spacial score (nSPS) is 31.3. The van der Waals surface area contributed by atoms with Gasteiger partial charge in [-0.1, -0.05) is 12.1 Å². The number of fused-ring (bicyclic) bond motifs is 1. The second-order valence-electron chi connectivity index (χ2n) is 4.94. The van der Waals surface area contributed by atoms with Crippen molar-refractivity contribution in [2.75, 3.05) is 18.0 Å². The summed E-state index contributed by atoms with van der Waals surface area (Å²) >= 11 is 0. The highest BCUT2D eigenvalue weighted by Crippen LogP contribution is 2.52. The van der Waals surface area contributed by atoms with Gasteiger partial charge in [0.15, 0.2) is 0 Å². The Labute approximate surface area is 94.7 Å². The summed E-state index contributed by atoms with van der Waals surface area (Å²) in [6, 6.07) is 8.41. The molecule has 1 aliphatic heterocycles. The van der Waals surface area contributed by atoms with Crippen molar-refractivity contribution in [1.29, 1.82) is 0 Å². The summed E-state index contributed by atoms with van der Waals surface area (Å²) in [5, 5.41) is 8.94. The lowest BCUT2D eigenvalue weighted by Gasteiger charge is -2.21. The van der Waals surface area contributed by atoms with Gasteiger partial charge in [-0.15, -0.1) is 0 Å². The lowest BCUT2D eigenvalue weighted by atomic mass is 10.2. The molecule has 3 heteroatoms. The fraction of sp³-hybridized carbons (Fsp3) is 0.462. The minimum absolute atomic E-state index is 0.0685. The van der Waals surface area contributed by atoms with Crippen LogP contribution in [0.5, 0.6) is 0 Å². The SMILES string of the molecule is Cc1cccc(N2CC3C(C2)C3C(=O)O)c1. The molecule has 0 amide bonds. The Morgan fingerprint density at radius 2 is 2.06 bits per heavy atom. The monoisotopic (exact) mass is 217 g/mol. The molecule has 0 bridgehead atoms. The lowest BCUT2D eigenvalue weighted by Crippen LogP contribution is -2.25. The summed E-state index contributed by atoms with van der Waals surface area (Å²) in [5.74, 6) is 0.0935. The molecule has 0 radical (unpaired) electrons. The second-order valence-corrected chi connectivity index (χ2v) is 4.94. The van der Waals surface area contributed by atoms with Crippen LogP contribution in [-0.2, 0) is 4.79 Å². The number of rotatable bonds is 2. The molecule has 2 unspecified atom stereocenters. The summed E-state index contributed by atoms with van der Waals surface area (Å²) in [4.78, 5) is 13.2.